The smallest absolute Gasteiger partial charge is 0.255 e. The van der Waals surface area contributed by atoms with Crippen molar-refractivity contribution in [3.8, 4) is 11.4 Å². The van der Waals surface area contributed by atoms with Gasteiger partial charge in [0, 0.05) is 18.3 Å². The maximum absolute atomic E-state index is 12.3. The number of carbonyl (C=O) groups excluding carboxylic acids is 1. The summed E-state index contributed by atoms with van der Waals surface area (Å²) in [5.74, 6) is 0.389. The Kier molecular flexibility index (Phi) is 4.38. The molecule has 1 heterocycles. The Bertz CT molecular complexity index is 797. The lowest BCUT2D eigenvalue weighted by atomic mass is 10.2. The molecule has 0 spiro atoms. The van der Waals surface area contributed by atoms with E-state index < -0.39 is 0 Å². The summed E-state index contributed by atoms with van der Waals surface area (Å²) in [6, 6.07) is 17.0. The fourth-order valence-corrected chi connectivity index (χ4v) is 2.28. The van der Waals surface area contributed by atoms with E-state index in [2.05, 4.69) is 10.4 Å². The normalized spacial score (nSPS) is 10.3. The first-order valence-electron chi connectivity index (χ1n) is 7.28. The largest absolute Gasteiger partial charge is 0.496 e. The van der Waals surface area contributed by atoms with Crippen molar-refractivity contribution >= 4 is 5.91 Å². The van der Waals surface area contributed by atoms with Crippen LogP contribution in [0.5, 0.6) is 5.75 Å². The molecule has 0 atom stereocenters. The summed E-state index contributed by atoms with van der Waals surface area (Å²) in [7, 11) is 1.55. The van der Waals surface area contributed by atoms with E-state index in [1.54, 1.807) is 30.1 Å². The average molecular weight is 307 g/mol. The van der Waals surface area contributed by atoms with E-state index in [1.165, 1.54) is 0 Å². The van der Waals surface area contributed by atoms with Gasteiger partial charge in [0.2, 0.25) is 0 Å². The fourth-order valence-electron chi connectivity index (χ4n) is 2.28. The number of nitrogens with zero attached hydrogens (tertiary/aromatic N) is 2. The van der Waals surface area contributed by atoms with E-state index in [1.807, 2.05) is 48.7 Å². The van der Waals surface area contributed by atoms with Crippen molar-refractivity contribution in [1.82, 2.24) is 15.1 Å². The van der Waals surface area contributed by atoms with Crippen LogP contribution in [-0.4, -0.2) is 22.8 Å². The Hall–Kier alpha value is -3.08. The first-order chi connectivity index (χ1) is 11.3. The van der Waals surface area contributed by atoms with Gasteiger partial charge in [-0.25, -0.2) is 4.68 Å². The van der Waals surface area contributed by atoms with E-state index in [4.69, 9.17) is 4.74 Å². The number of aromatic nitrogens is 2. The molecule has 0 saturated heterocycles. The molecule has 3 rings (SSSR count). The molecule has 0 radical (unpaired) electrons. The summed E-state index contributed by atoms with van der Waals surface area (Å²) in [4.78, 5) is 12.3. The third-order valence-corrected chi connectivity index (χ3v) is 3.46. The molecule has 0 aliphatic rings. The summed E-state index contributed by atoms with van der Waals surface area (Å²) in [6.07, 6.45) is 3.65. The van der Waals surface area contributed by atoms with Crippen LogP contribution >= 0.6 is 0 Å². The zero-order valence-electron chi connectivity index (χ0n) is 12.8. The van der Waals surface area contributed by atoms with E-state index in [-0.39, 0.29) is 5.91 Å². The molecule has 5 nitrogen and oxygen atoms in total. The molecule has 3 aromatic rings. The Labute approximate surface area is 134 Å². The lowest BCUT2D eigenvalue weighted by Crippen LogP contribution is -2.23. The van der Waals surface area contributed by atoms with Gasteiger partial charge >= 0.3 is 0 Å². The molecule has 2 aromatic carbocycles. The van der Waals surface area contributed by atoms with Gasteiger partial charge in [0.15, 0.2) is 0 Å². The highest BCUT2D eigenvalue weighted by Crippen LogP contribution is 2.17. The SMILES string of the molecule is COc1ccccc1C(=O)NCc1cnn(-c2ccccc2)c1. The van der Waals surface area contributed by atoms with Gasteiger partial charge < -0.3 is 10.1 Å². The molecular weight excluding hydrogens is 290 g/mol. The second kappa shape index (κ2) is 6.79. The quantitative estimate of drug-likeness (QED) is 0.788. The van der Waals surface area contributed by atoms with Gasteiger partial charge in [-0.2, -0.15) is 5.10 Å². The minimum Gasteiger partial charge on any atom is -0.496 e. The number of benzene rings is 2. The predicted molar refractivity (Wildman–Crippen MR) is 87.7 cm³/mol. The van der Waals surface area contributed by atoms with Crippen LogP contribution < -0.4 is 10.1 Å². The number of hydrogen-bond donors (Lipinski definition) is 1. The van der Waals surface area contributed by atoms with Gasteiger partial charge in [-0.3, -0.25) is 4.79 Å². The standard InChI is InChI=1S/C18H17N3O2/c1-23-17-10-6-5-9-16(17)18(22)19-11-14-12-20-21(13-14)15-7-3-2-4-8-15/h2-10,12-13H,11H2,1H3,(H,19,22). The van der Waals surface area contributed by atoms with E-state index in [0.717, 1.165) is 11.3 Å². The molecule has 1 amide bonds. The Morgan fingerprint density at radius 1 is 1.13 bits per heavy atom. The Morgan fingerprint density at radius 3 is 2.65 bits per heavy atom. The summed E-state index contributed by atoms with van der Waals surface area (Å²) in [5, 5.41) is 7.19. The second-order valence-corrected chi connectivity index (χ2v) is 5.01. The van der Waals surface area contributed by atoms with E-state index in [0.29, 0.717) is 17.9 Å². The van der Waals surface area contributed by atoms with Crippen LogP contribution in [0.3, 0.4) is 0 Å². The highest BCUT2D eigenvalue weighted by Gasteiger charge is 2.11. The van der Waals surface area contributed by atoms with Gasteiger partial charge in [-0.1, -0.05) is 30.3 Å². The highest BCUT2D eigenvalue weighted by molar-refractivity contribution is 5.96. The molecule has 0 unspecified atom stereocenters. The first kappa shape index (κ1) is 14.8. The topological polar surface area (TPSA) is 56.1 Å². The third kappa shape index (κ3) is 3.40. The molecule has 23 heavy (non-hydrogen) atoms. The monoisotopic (exact) mass is 307 g/mol. The number of ether oxygens (including phenoxy) is 1. The molecule has 1 N–H and O–H groups in total. The predicted octanol–water partition coefficient (Wildman–Crippen LogP) is 2.81. The van der Waals surface area contributed by atoms with Crippen molar-refractivity contribution in [3.63, 3.8) is 0 Å². The van der Waals surface area contributed by atoms with Crippen LogP contribution in [0.1, 0.15) is 15.9 Å². The molecule has 116 valence electrons. The zero-order valence-corrected chi connectivity index (χ0v) is 12.8. The van der Waals surface area contributed by atoms with Crippen molar-refractivity contribution in [3.05, 3.63) is 78.1 Å². The van der Waals surface area contributed by atoms with Crippen molar-refractivity contribution in [2.45, 2.75) is 6.54 Å². The third-order valence-electron chi connectivity index (χ3n) is 3.46. The van der Waals surface area contributed by atoms with E-state index >= 15 is 0 Å². The lowest BCUT2D eigenvalue weighted by molar-refractivity contribution is 0.0948. The molecule has 5 heteroatoms. The molecular formula is C18H17N3O2. The first-order valence-corrected chi connectivity index (χ1v) is 7.28. The summed E-state index contributed by atoms with van der Waals surface area (Å²) in [5.41, 5.74) is 2.43. The molecule has 0 saturated carbocycles. The van der Waals surface area contributed by atoms with Gasteiger partial charge in [0.05, 0.1) is 24.6 Å². The minimum absolute atomic E-state index is 0.171. The summed E-state index contributed by atoms with van der Waals surface area (Å²) < 4.78 is 6.99. The van der Waals surface area contributed by atoms with Gasteiger partial charge in [-0.05, 0) is 24.3 Å². The highest BCUT2D eigenvalue weighted by atomic mass is 16.5. The molecule has 0 bridgehead atoms. The summed E-state index contributed by atoms with van der Waals surface area (Å²) >= 11 is 0. The average Bonchev–Trinajstić information content (AvgIpc) is 3.09. The number of nitrogens with one attached hydrogen (secondary N) is 1. The van der Waals surface area contributed by atoms with Crippen LogP contribution in [0.4, 0.5) is 0 Å². The Balaban J connectivity index is 1.67. The van der Waals surface area contributed by atoms with Crippen molar-refractivity contribution in [1.29, 1.82) is 0 Å². The van der Waals surface area contributed by atoms with Gasteiger partial charge in [-0.15, -0.1) is 0 Å². The molecule has 0 fully saturated rings. The number of amides is 1. The number of hydrogen-bond acceptors (Lipinski definition) is 3. The van der Waals surface area contributed by atoms with Crippen LogP contribution in [0.25, 0.3) is 5.69 Å². The maximum atomic E-state index is 12.3. The van der Waals surface area contributed by atoms with Crippen LogP contribution in [0.2, 0.25) is 0 Å². The van der Waals surface area contributed by atoms with Crippen molar-refractivity contribution in [2.75, 3.05) is 7.11 Å². The number of para-hydroxylation sites is 2. The fraction of sp³-hybridized carbons (Fsp3) is 0.111. The zero-order chi connectivity index (χ0) is 16.1. The minimum atomic E-state index is -0.171. The van der Waals surface area contributed by atoms with Crippen LogP contribution in [0.15, 0.2) is 67.0 Å². The lowest BCUT2D eigenvalue weighted by Gasteiger charge is -2.08. The molecule has 0 aliphatic carbocycles. The molecule has 0 aliphatic heterocycles. The number of methoxy groups -OCH3 is 1. The van der Waals surface area contributed by atoms with Crippen LogP contribution in [0, 0.1) is 0 Å². The summed E-state index contributed by atoms with van der Waals surface area (Å²) in [6.45, 7) is 0.406. The van der Waals surface area contributed by atoms with Gasteiger partial charge in [0.1, 0.15) is 5.75 Å². The maximum Gasteiger partial charge on any atom is 0.255 e. The Morgan fingerprint density at radius 2 is 1.87 bits per heavy atom. The number of rotatable bonds is 5. The second-order valence-electron chi connectivity index (χ2n) is 5.01. The van der Waals surface area contributed by atoms with Gasteiger partial charge in [0.25, 0.3) is 5.91 Å². The number of carbonyl (C=O) groups is 1. The van der Waals surface area contributed by atoms with Crippen LogP contribution in [-0.2, 0) is 6.54 Å². The van der Waals surface area contributed by atoms with Crippen molar-refractivity contribution in [2.24, 2.45) is 0 Å². The van der Waals surface area contributed by atoms with Crippen molar-refractivity contribution < 1.29 is 9.53 Å². The van der Waals surface area contributed by atoms with E-state index in [9.17, 15) is 4.79 Å². The molecule has 1 aromatic heterocycles.